The van der Waals surface area contributed by atoms with Crippen LogP contribution in [-0.4, -0.2) is 5.78 Å². The van der Waals surface area contributed by atoms with Gasteiger partial charge in [-0.1, -0.05) is 34.1 Å². The Labute approximate surface area is 97.3 Å². The van der Waals surface area contributed by atoms with Crippen LogP contribution in [0.4, 0.5) is 0 Å². The van der Waals surface area contributed by atoms with E-state index in [0.29, 0.717) is 12.1 Å². The second-order valence-electron chi connectivity index (χ2n) is 3.81. The van der Waals surface area contributed by atoms with Crippen molar-refractivity contribution in [2.75, 3.05) is 0 Å². The molecule has 0 radical (unpaired) electrons. The van der Waals surface area contributed by atoms with Crippen molar-refractivity contribution in [3.63, 3.8) is 0 Å². The number of allylic oxidation sites excluding steroid dienone is 2. The van der Waals surface area contributed by atoms with E-state index in [1.807, 2.05) is 24.3 Å². The highest BCUT2D eigenvalue weighted by Gasteiger charge is 2.22. The predicted octanol–water partition coefficient (Wildman–Crippen LogP) is 2.74. The molecule has 15 heavy (non-hydrogen) atoms. The van der Waals surface area contributed by atoms with E-state index in [-0.39, 0.29) is 11.7 Å². The number of hydrogen-bond acceptors (Lipinski definition) is 2. The van der Waals surface area contributed by atoms with Crippen molar-refractivity contribution in [2.24, 2.45) is 5.73 Å². The third-order valence-electron chi connectivity index (χ3n) is 2.62. The third-order valence-corrected chi connectivity index (χ3v) is 3.34. The van der Waals surface area contributed by atoms with E-state index in [2.05, 4.69) is 15.9 Å². The molecule has 0 heterocycles. The van der Waals surface area contributed by atoms with Gasteiger partial charge in [-0.05, 0) is 30.0 Å². The summed E-state index contributed by atoms with van der Waals surface area (Å²) in [6.07, 6.45) is 2.88. The first kappa shape index (κ1) is 10.4. The van der Waals surface area contributed by atoms with Crippen molar-refractivity contribution in [3.8, 4) is 0 Å². The molecule has 0 unspecified atom stereocenters. The van der Waals surface area contributed by atoms with Gasteiger partial charge in [0.05, 0.1) is 0 Å². The van der Waals surface area contributed by atoms with Crippen LogP contribution in [0.1, 0.15) is 24.3 Å². The number of benzene rings is 1. The molecule has 2 nitrogen and oxygen atoms in total. The molecule has 3 heteroatoms. The Bertz CT molecular complexity index is 425. The van der Waals surface area contributed by atoms with E-state index >= 15 is 0 Å². The molecule has 0 spiro atoms. The second-order valence-corrected chi connectivity index (χ2v) is 4.67. The molecule has 78 valence electrons. The van der Waals surface area contributed by atoms with Gasteiger partial charge in [0.1, 0.15) is 0 Å². The van der Waals surface area contributed by atoms with Crippen LogP contribution in [0.5, 0.6) is 0 Å². The summed E-state index contributed by atoms with van der Waals surface area (Å²) in [5, 5.41) is 0. The van der Waals surface area contributed by atoms with Crippen LogP contribution >= 0.6 is 15.9 Å². The molecule has 0 bridgehead atoms. The zero-order chi connectivity index (χ0) is 10.8. The van der Waals surface area contributed by atoms with Crippen LogP contribution in [-0.2, 0) is 4.79 Å². The molecular formula is C12H12BrNO. The van der Waals surface area contributed by atoms with Gasteiger partial charge in [0.2, 0.25) is 0 Å². The Hall–Kier alpha value is -1.09. The smallest absolute Gasteiger partial charge is 0.158 e. The van der Waals surface area contributed by atoms with Gasteiger partial charge in [-0.3, -0.25) is 4.79 Å². The fourth-order valence-corrected chi connectivity index (χ4v) is 2.56. The van der Waals surface area contributed by atoms with E-state index in [1.54, 1.807) is 6.08 Å². The predicted molar refractivity (Wildman–Crippen MR) is 63.4 cm³/mol. The number of hydrogen-bond donors (Lipinski definition) is 1. The molecule has 2 N–H and O–H groups in total. The lowest BCUT2D eigenvalue weighted by atomic mass is 9.86. The van der Waals surface area contributed by atoms with Crippen molar-refractivity contribution in [3.05, 3.63) is 46.1 Å². The molecule has 1 aromatic rings. The lowest BCUT2D eigenvalue weighted by Gasteiger charge is -2.21. The first-order valence-electron chi connectivity index (χ1n) is 4.90. The molecule has 1 aliphatic carbocycles. The highest BCUT2D eigenvalue weighted by molar-refractivity contribution is 9.10. The normalized spacial score (nSPS) is 21.3. The van der Waals surface area contributed by atoms with Gasteiger partial charge in [-0.25, -0.2) is 0 Å². The highest BCUT2D eigenvalue weighted by Crippen LogP contribution is 2.33. The molecule has 2 rings (SSSR count). The van der Waals surface area contributed by atoms with E-state index < -0.39 is 0 Å². The lowest BCUT2D eigenvalue weighted by Crippen LogP contribution is -2.16. The maximum atomic E-state index is 11.4. The van der Waals surface area contributed by atoms with Crippen molar-refractivity contribution < 1.29 is 4.79 Å². The number of halogens is 1. The van der Waals surface area contributed by atoms with Crippen molar-refractivity contribution in [1.29, 1.82) is 0 Å². The van der Waals surface area contributed by atoms with Crippen molar-refractivity contribution >= 4 is 21.7 Å². The van der Waals surface area contributed by atoms with E-state index in [0.717, 1.165) is 10.9 Å². The number of nitrogens with two attached hydrogens (primary N) is 1. The zero-order valence-corrected chi connectivity index (χ0v) is 9.83. The number of rotatable bonds is 1. The summed E-state index contributed by atoms with van der Waals surface area (Å²) >= 11 is 3.50. The minimum Gasteiger partial charge on any atom is -0.402 e. The van der Waals surface area contributed by atoms with Crippen LogP contribution in [0.15, 0.2) is 40.5 Å². The van der Waals surface area contributed by atoms with E-state index in [1.165, 1.54) is 5.56 Å². The molecule has 1 aliphatic rings. The SMILES string of the molecule is NC1=CC(=O)C[C@H](c2ccccc2Br)C1. The Morgan fingerprint density at radius 2 is 2.00 bits per heavy atom. The largest absolute Gasteiger partial charge is 0.402 e. The van der Waals surface area contributed by atoms with Gasteiger partial charge in [0.15, 0.2) is 5.78 Å². The topological polar surface area (TPSA) is 43.1 Å². The third kappa shape index (κ3) is 2.29. The number of ketones is 1. The Kier molecular flexibility index (Phi) is 2.91. The van der Waals surface area contributed by atoms with Gasteiger partial charge in [-0.15, -0.1) is 0 Å². The quantitative estimate of drug-likeness (QED) is 0.849. The van der Waals surface area contributed by atoms with E-state index in [4.69, 9.17) is 5.73 Å². The minimum absolute atomic E-state index is 0.125. The maximum Gasteiger partial charge on any atom is 0.158 e. The summed E-state index contributed by atoms with van der Waals surface area (Å²) in [7, 11) is 0. The van der Waals surface area contributed by atoms with Gasteiger partial charge in [-0.2, -0.15) is 0 Å². The molecule has 0 amide bonds. The molecule has 0 saturated heterocycles. The maximum absolute atomic E-state index is 11.4. The number of carbonyl (C=O) groups excluding carboxylic acids is 1. The minimum atomic E-state index is 0.125. The van der Waals surface area contributed by atoms with Crippen LogP contribution < -0.4 is 5.73 Å². The van der Waals surface area contributed by atoms with Gasteiger partial charge < -0.3 is 5.73 Å². The number of carbonyl (C=O) groups is 1. The van der Waals surface area contributed by atoms with Crippen LogP contribution in [0.2, 0.25) is 0 Å². The second kappa shape index (κ2) is 4.19. The molecule has 0 aromatic heterocycles. The summed E-state index contributed by atoms with van der Waals surface area (Å²) in [6, 6.07) is 7.99. The fourth-order valence-electron chi connectivity index (χ4n) is 1.95. The highest BCUT2D eigenvalue weighted by atomic mass is 79.9. The van der Waals surface area contributed by atoms with Crippen LogP contribution in [0.25, 0.3) is 0 Å². The average Bonchev–Trinajstić information content (AvgIpc) is 2.16. The van der Waals surface area contributed by atoms with Gasteiger partial charge in [0, 0.05) is 16.6 Å². The Morgan fingerprint density at radius 3 is 2.67 bits per heavy atom. The summed E-state index contributed by atoms with van der Waals surface area (Å²) < 4.78 is 1.05. The summed E-state index contributed by atoms with van der Waals surface area (Å²) in [6.45, 7) is 0. The van der Waals surface area contributed by atoms with E-state index in [9.17, 15) is 4.79 Å². The first-order valence-corrected chi connectivity index (χ1v) is 5.69. The summed E-state index contributed by atoms with van der Waals surface area (Å²) in [5.74, 6) is 0.345. The average molecular weight is 266 g/mol. The lowest BCUT2D eigenvalue weighted by molar-refractivity contribution is -0.115. The molecule has 0 fully saturated rings. The molecule has 0 aliphatic heterocycles. The van der Waals surface area contributed by atoms with Gasteiger partial charge in [0.25, 0.3) is 0 Å². The summed E-state index contributed by atoms with van der Waals surface area (Å²) in [4.78, 5) is 11.4. The standard InChI is InChI=1S/C12H12BrNO/c13-12-4-2-1-3-11(12)8-5-9(14)7-10(15)6-8/h1-4,7-8H,5-6,14H2/t8-/m1/s1. The Balaban J connectivity index is 2.30. The van der Waals surface area contributed by atoms with Crippen molar-refractivity contribution in [1.82, 2.24) is 0 Å². The monoisotopic (exact) mass is 265 g/mol. The van der Waals surface area contributed by atoms with Crippen molar-refractivity contribution in [2.45, 2.75) is 18.8 Å². The molecule has 1 aromatic carbocycles. The van der Waals surface area contributed by atoms with Crippen LogP contribution in [0, 0.1) is 0 Å². The molecule has 1 atom stereocenters. The fraction of sp³-hybridized carbons (Fsp3) is 0.250. The first-order chi connectivity index (χ1) is 7.16. The molecule has 0 saturated carbocycles. The molecular weight excluding hydrogens is 254 g/mol. The van der Waals surface area contributed by atoms with Crippen LogP contribution in [0.3, 0.4) is 0 Å². The van der Waals surface area contributed by atoms with Gasteiger partial charge >= 0.3 is 0 Å². The Morgan fingerprint density at radius 1 is 1.27 bits per heavy atom. The summed E-state index contributed by atoms with van der Waals surface area (Å²) in [5.41, 5.74) is 7.58. The zero-order valence-electron chi connectivity index (χ0n) is 8.24.